The molecular formula is C23H26FN3O3. The highest BCUT2D eigenvalue weighted by atomic mass is 19.1. The van der Waals surface area contributed by atoms with Gasteiger partial charge >= 0.3 is 0 Å². The number of halogens is 1. The number of nitrogens with one attached hydrogen (secondary N) is 1. The predicted octanol–water partition coefficient (Wildman–Crippen LogP) is 3.57. The maximum Gasteiger partial charge on any atom is 0.255 e. The lowest BCUT2D eigenvalue weighted by Gasteiger charge is -2.28. The molecule has 2 N–H and O–H groups in total. The normalized spacial score (nSPS) is 19.1. The average Bonchev–Trinajstić information content (AvgIpc) is 3.10. The van der Waals surface area contributed by atoms with Crippen molar-refractivity contribution in [2.45, 2.75) is 51.3 Å². The fourth-order valence-corrected chi connectivity index (χ4v) is 4.21. The fourth-order valence-electron chi connectivity index (χ4n) is 4.21. The number of aliphatic hydroxyl groups is 1. The molecule has 0 bridgehead atoms. The first-order chi connectivity index (χ1) is 14.5. The molecule has 0 aliphatic heterocycles. The number of pyridine rings is 1. The summed E-state index contributed by atoms with van der Waals surface area (Å²) in [5.74, 6) is -0.477. The zero-order valence-electron chi connectivity index (χ0n) is 17.2. The Kier molecular flexibility index (Phi) is 5.72. The van der Waals surface area contributed by atoms with Crippen LogP contribution < -0.4 is 10.1 Å². The third-order valence-corrected chi connectivity index (χ3v) is 5.81. The molecule has 0 spiro atoms. The number of ether oxygens (including phenoxy) is 1. The summed E-state index contributed by atoms with van der Waals surface area (Å²) >= 11 is 0. The molecule has 2 unspecified atom stereocenters. The van der Waals surface area contributed by atoms with Crippen LogP contribution in [0.4, 0.5) is 4.39 Å². The first-order valence-electron chi connectivity index (χ1n) is 10.2. The van der Waals surface area contributed by atoms with Gasteiger partial charge in [0, 0.05) is 18.9 Å². The summed E-state index contributed by atoms with van der Waals surface area (Å²) in [5.41, 5.74) is 3.63. The van der Waals surface area contributed by atoms with Crippen LogP contribution in [0.2, 0.25) is 0 Å². The molecule has 3 aromatic rings. The van der Waals surface area contributed by atoms with E-state index in [-0.39, 0.29) is 17.7 Å². The molecule has 0 saturated heterocycles. The van der Waals surface area contributed by atoms with Gasteiger partial charge in [0.05, 0.1) is 30.3 Å². The largest absolute Gasteiger partial charge is 0.494 e. The number of benzene rings is 1. The van der Waals surface area contributed by atoms with Crippen molar-refractivity contribution in [2.75, 3.05) is 7.11 Å². The summed E-state index contributed by atoms with van der Waals surface area (Å²) in [6.45, 7) is 2.35. The molecule has 0 radical (unpaired) electrons. The zero-order valence-corrected chi connectivity index (χ0v) is 17.2. The molecule has 1 aliphatic rings. The summed E-state index contributed by atoms with van der Waals surface area (Å²) in [4.78, 5) is 17.5. The molecule has 1 aliphatic carbocycles. The van der Waals surface area contributed by atoms with E-state index in [1.165, 1.54) is 13.2 Å². The Balaban J connectivity index is 1.67. The van der Waals surface area contributed by atoms with Crippen molar-refractivity contribution in [3.63, 3.8) is 0 Å². The van der Waals surface area contributed by atoms with Crippen molar-refractivity contribution >= 4 is 16.9 Å². The molecule has 30 heavy (non-hydrogen) atoms. The van der Waals surface area contributed by atoms with Gasteiger partial charge in [-0.2, -0.15) is 0 Å². The van der Waals surface area contributed by atoms with E-state index in [9.17, 15) is 14.3 Å². The van der Waals surface area contributed by atoms with Crippen molar-refractivity contribution in [3.8, 4) is 5.75 Å². The van der Waals surface area contributed by atoms with E-state index in [2.05, 4.69) is 10.3 Å². The minimum Gasteiger partial charge on any atom is -0.494 e. The van der Waals surface area contributed by atoms with Crippen LogP contribution in [-0.2, 0) is 6.54 Å². The lowest BCUT2D eigenvalue weighted by atomic mass is 9.92. The van der Waals surface area contributed by atoms with Crippen LogP contribution in [0.1, 0.15) is 47.2 Å². The molecule has 1 saturated carbocycles. The van der Waals surface area contributed by atoms with E-state index < -0.39 is 11.9 Å². The number of hydrogen-bond acceptors (Lipinski definition) is 4. The summed E-state index contributed by atoms with van der Waals surface area (Å²) < 4.78 is 21.1. The first kappa shape index (κ1) is 20.3. The maximum absolute atomic E-state index is 14.1. The molecule has 2 aromatic heterocycles. The standard InChI is InChI=1S/C23H26FN3O3/c1-14-9-10-25-21-16(23(29)26-18-5-3-4-6-19(18)28)13-27(22(14)21)12-15-7-8-20(30-2)17(24)11-15/h7-11,13,18-19,28H,3-6,12H2,1-2H3,(H,26,29). The molecule has 1 fully saturated rings. The molecule has 4 rings (SSSR count). The van der Waals surface area contributed by atoms with Gasteiger partial charge in [0.15, 0.2) is 11.6 Å². The van der Waals surface area contributed by atoms with Gasteiger partial charge in [0.25, 0.3) is 5.91 Å². The van der Waals surface area contributed by atoms with Gasteiger partial charge < -0.3 is 19.7 Å². The highest BCUT2D eigenvalue weighted by Crippen LogP contribution is 2.26. The number of aryl methyl sites for hydroxylation is 1. The van der Waals surface area contributed by atoms with Crippen molar-refractivity contribution in [2.24, 2.45) is 0 Å². The van der Waals surface area contributed by atoms with Gasteiger partial charge in [-0.05, 0) is 49.1 Å². The van der Waals surface area contributed by atoms with Crippen molar-refractivity contribution in [1.82, 2.24) is 14.9 Å². The van der Waals surface area contributed by atoms with Gasteiger partial charge in [-0.15, -0.1) is 0 Å². The number of nitrogens with zero attached hydrogens (tertiary/aromatic N) is 2. The second kappa shape index (κ2) is 8.44. The zero-order chi connectivity index (χ0) is 21.3. The van der Waals surface area contributed by atoms with E-state index in [0.29, 0.717) is 24.0 Å². The fraction of sp³-hybridized carbons (Fsp3) is 0.391. The lowest BCUT2D eigenvalue weighted by Crippen LogP contribution is -2.45. The third-order valence-electron chi connectivity index (χ3n) is 5.81. The summed E-state index contributed by atoms with van der Waals surface area (Å²) in [5, 5.41) is 13.2. The molecule has 2 atom stereocenters. The SMILES string of the molecule is COc1ccc(Cn2cc(C(=O)NC3CCCCC3O)c3nccc(C)c32)cc1F. The van der Waals surface area contributed by atoms with Crippen LogP contribution in [0.5, 0.6) is 5.75 Å². The number of fused-ring (bicyclic) bond motifs is 1. The topological polar surface area (TPSA) is 76.4 Å². The van der Waals surface area contributed by atoms with Crippen LogP contribution in [0.25, 0.3) is 11.0 Å². The molecule has 6 nitrogen and oxygen atoms in total. The number of hydrogen-bond donors (Lipinski definition) is 2. The maximum atomic E-state index is 14.1. The quantitative estimate of drug-likeness (QED) is 0.673. The summed E-state index contributed by atoms with van der Waals surface area (Å²) in [7, 11) is 1.43. The number of methoxy groups -OCH3 is 1. The van der Waals surface area contributed by atoms with Crippen LogP contribution >= 0.6 is 0 Å². The number of aliphatic hydroxyl groups excluding tert-OH is 1. The van der Waals surface area contributed by atoms with E-state index in [4.69, 9.17) is 4.74 Å². The van der Waals surface area contributed by atoms with E-state index in [1.54, 1.807) is 24.5 Å². The lowest BCUT2D eigenvalue weighted by molar-refractivity contribution is 0.0718. The Bertz CT molecular complexity index is 1080. The van der Waals surface area contributed by atoms with Gasteiger partial charge in [-0.3, -0.25) is 9.78 Å². The smallest absolute Gasteiger partial charge is 0.255 e. The van der Waals surface area contributed by atoms with Gasteiger partial charge in [0.2, 0.25) is 0 Å². The van der Waals surface area contributed by atoms with E-state index in [0.717, 1.165) is 35.9 Å². The molecule has 1 amide bonds. The molecule has 2 heterocycles. The second-order valence-electron chi connectivity index (χ2n) is 7.90. The first-order valence-corrected chi connectivity index (χ1v) is 10.2. The van der Waals surface area contributed by atoms with Crippen LogP contribution in [0.3, 0.4) is 0 Å². The molecule has 1 aromatic carbocycles. The summed E-state index contributed by atoms with van der Waals surface area (Å²) in [6, 6.07) is 6.48. The monoisotopic (exact) mass is 411 g/mol. The number of carbonyl (C=O) groups is 1. The summed E-state index contributed by atoms with van der Waals surface area (Å²) in [6.07, 6.45) is 6.36. The van der Waals surface area contributed by atoms with Crippen molar-refractivity contribution < 1.29 is 19.0 Å². The highest BCUT2D eigenvalue weighted by Gasteiger charge is 2.26. The van der Waals surface area contributed by atoms with E-state index >= 15 is 0 Å². The number of aromatic nitrogens is 2. The number of carbonyl (C=O) groups excluding carboxylic acids is 1. The Morgan fingerprint density at radius 1 is 1.33 bits per heavy atom. The van der Waals surface area contributed by atoms with Gasteiger partial charge in [-0.1, -0.05) is 18.9 Å². The molecule has 158 valence electrons. The number of rotatable bonds is 5. The van der Waals surface area contributed by atoms with Crippen LogP contribution in [-0.4, -0.2) is 39.8 Å². The predicted molar refractivity (Wildman–Crippen MR) is 112 cm³/mol. The van der Waals surface area contributed by atoms with Gasteiger partial charge in [-0.25, -0.2) is 4.39 Å². The highest BCUT2D eigenvalue weighted by molar-refractivity contribution is 6.06. The Morgan fingerprint density at radius 2 is 2.13 bits per heavy atom. The van der Waals surface area contributed by atoms with Crippen molar-refractivity contribution in [3.05, 3.63) is 59.2 Å². The van der Waals surface area contributed by atoms with Crippen LogP contribution in [0, 0.1) is 12.7 Å². The molecular weight excluding hydrogens is 385 g/mol. The van der Waals surface area contributed by atoms with Crippen LogP contribution in [0.15, 0.2) is 36.7 Å². The third kappa shape index (κ3) is 3.89. The average molecular weight is 411 g/mol. The van der Waals surface area contributed by atoms with Gasteiger partial charge in [0.1, 0.15) is 5.52 Å². The van der Waals surface area contributed by atoms with Crippen molar-refractivity contribution in [1.29, 1.82) is 0 Å². The Hall–Kier alpha value is -2.93. The molecule has 7 heteroatoms. The van der Waals surface area contributed by atoms with E-state index in [1.807, 2.05) is 17.6 Å². The number of amides is 1. The minimum absolute atomic E-state index is 0.195. The Labute approximate surface area is 174 Å². The Morgan fingerprint density at radius 3 is 2.87 bits per heavy atom. The minimum atomic E-state index is -0.520. The second-order valence-corrected chi connectivity index (χ2v) is 7.90.